The molecule has 4 saturated carbocycles. The smallest absolute Gasteiger partial charge is 0.0701 e. The van der Waals surface area contributed by atoms with Crippen molar-refractivity contribution >= 4 is 27.3 Å². The summed E-state index contributed by atoms with van der Waals surface area (Å²) >= 11 is 5.43. The van der Waals surface area contributed by atoms with Crippen LogP contribution in [-0.2, 0) is 6.54 Å². The Balaban J connectivity index is 1.51. The maximum Gasteiger partial charge on any atom is 0.0701 e. The topological polar surface area (TPSA) is 12.0 Å². The van der Waals surface area contributed by atoms with Crippen LogP contribution in [0.2, 0.25) is 0 Å². The predicted octanol–water partition coefficient (Wildman–Crippen LogP) is 4.96. The van der Waals surface area contributed by atoms with E-state index in [2.05, 4.69) is 40.3 Å². The molecule has 5 rings (SSSR count). The highest BCUT2D eigenvalue weighted by Gasteiger charge is 2.55. The first kappa shape index (κ1) is 12.8. The highest BCUT2D eigenvalue weighted by molar-refractivity contribution is 9.11. The summed E-state index contributed by atoms with van der Waals surface area (Å²) < 4.78 is 1.25. The van der Waals surface area contributed by atoms with Crippen molar-refractivity contribution in [2.24, 2.45) is 17.3 Å². The minimum atomic E-state index is 0.468. The molecule has 1 aromatic rings. The summed E-state index contributed by atoms with van der Waals surface area (Å²) in [6, 6.07) is 4.42. The number of halogens is 1. The fraction of sp³-hybridized carbons (Fsp3) is 0.750. The van der Waals surface area contributed by atoms with Crippen molar-refractivity contribution in [3.05, 3.63) is 20.8 Å². The fourth-order valence-electron chi connectivity index (χ4n) is 5.65. The molecule has 4 aliphatic rings. The molecule has 1 aromatic heterocycles. The lowest BCUT2D eigenvalue weighted by molar-refractivity contribution is -0.0725. The number of thiophene rings is 1. The molecule has 4 aliphatic carbocycles. The third-order valence-electron chi connectivity index (χ3n) is 5.62. The third-order valence-corrected chi connectivity index (χ3v) is 7.24. The van der Waals surface area contributed by atoms with Crippen LogP contribution in [0.4, 0.5) is 0 Å². The fourth-order valence-corrected chi connectivity index (χ4v) is 7.07. The van der Waals surface area contributed by atoms with Crippen LogP contribution in [-0.4, -0.2) is 5.54 Å². The summed E-state index contributed by atoms with van der Waals surface area (Å²) in [7, 11) is 0. The molecular formula is C16H22BrNS. The van der Waals surface area contributed by atoms with Crippen LogP contribution in [0, 0.1) is 17.3 Å². The zero-order chi connectivity index (χ0) is 13.1. The Bertz CT molecular complexity index is 481. The Kier molecular flexibility index (Phi) is 2.92. The lowest BCUT2D eigenvalue weighted by Gasteiger charge is -2.61. The van der Waals surface area contributed by atoms with Crippen molar-refractivity contribution < 1.29 is 0 Å². The van der Waals surface area contributed by atoms with Crippen LogP contribution in [0.1, 0.15) is 50.3 Å². The van der Waals surface area contributed by atoms with Gasteiger partial charge in [-0.05, 0) is 83.8 Å². The SMILES string of the molecule is CC12CC3CC(C1)CC(NCc1ccc(Br)s1)(C3)C2. The van der Waals surface area contributed by atoms with Crippen molar-refractivity contribution in [3.8, 4) is 0 Å². The molecule has 104 valence electrons. The summed E-state index contributed by atoms with van der Waals surface area (Å²) in [5, 5.41) is 3.97. The molecule has 0 amide bonds. The van der Waals surface area contributed by atoms with E-state index in [1.54, 1.807) is 0 Å². The van der Waals surface area contributed by atoms with Gasteiger partial charge in [0.05, 0.1) is 3.79 Å². The van der Waals surface area contributed by atoms with E-state index in [0.29, 0.717) is 11.0 Å². The van der Waals surface area contributed by atoms with Gasteiger partial charge in [-0.25, -0.2) is 0 Å². The number of nitrogens with one attached hydrogen (secondary N) is 1. The molecule has 3 heteroatoms. The van der Waals surface area contributed by atoms with Crippen molar-refractivity contribution in [1.82, 2.24) is 5.32 Å². The normalized spacial score (nSPS) is 43.9. The van der Waals surface area contributed by atoms with E-state index in [0.717, 1.165) is 18.4 Å². The largest absolute Gasteiger partial charge is 0.306 e. The zero-order valence-corrected chi connectivity index (χ0v) is 13.9. The lowest BCUT2D eigenvalue weighted by atomic mass is 9.47. The third kappa shape index (κ3) is 2.32. The van der Waals surface area contributed by atoms with Gasteiger partial charge in [-0.3, -0.25) is 0 Å². The van der Waals surface area contributed by atoms with E-state index in [9.17, 15) is 0 Å². The van der Waals surface area contributed by atoms with Crippen molar-refractivity contribution in [1.29, 1.82) is 0 Å². The molecule has 1 heterocycles. The molecule has 0 aliphatic heterocycles. The second-order valence-corrected chi connectivity index (χ2v) is 10.2. The zero-order valence-electron chi connectivity index (χ0n) is 11.5. The number of hydrogen-bond donors (Lipinski definition) is 1. The first-order valence-electron chi connectivity index (χ1n) is 7.54. The van der Waals surface area contributed by atoms with Gasteiger partial charge in [0.1, 0.15) is 0 Å². The van der Waals surface area contributed by atoms with Crippen molar-refractivity contribution in [3.63, 3.8) is 0 Å². The quantitative estimate of drug-likeness (QED) is 0.820. The van der Waals surface area contributed by atoms with Crippen LogP contribution in [0.15, 0.2) is 15.9 Å². The van der Waals surface area contributed by atoms with E-state index in [1.807, 2.05) is 11.3 Å². The number of rotatable bonds is 3. The van der Waals surface area contributed by atoms with Gasteiger partial charge in [0.2, 0.25) is 0 Å². The van der Waals surface area contributed by atoms with Gasteiger partial charge in [-0.1, -0.05) is 6.92 Å². The summed E-state index contributed by atoms with van der Waals surface area (Å²) in [6.45, 7) is 3.61. The molecule has 0 saturated heterocycles. The molecule has 4 bridgehead atoms. The molecule has 0 spiro atoms. The maximum absolute atomic E-state index is 3.97. The molecule has 1 N–H and O–H groups in total. The Morgan fingerprint density at radius 1 is 1.26 bits per heavy atom. The Labute approximate surface area is 128 Å². The first-order chi connectivity index (χ1) is 9.04. The Morgan fingerprint density at radius 3 is 2.58 bits per heavy atom. The van der Waals surface area contributed by atoms with Gasteiger partial charge in [0.15, 0.2) is 0 Å². The molecule has 2 atom stereocenters. The second-order valence-electron chi connectivity index (χ2n) is 7.61. The highest BCUT2D eigenvalue weighted by Crippen LogP contribution is 2.61. The van der Waals surface area contributed by atoms with Gasteiger partial charge in [-0.15, -0.1) is 11.3 Å². The molecule has 2 unspecified atom stereocenters. The van der Waals surface area contributed by atoms with Gasteiger partial charge in [0, 0.05) is 17.0 Å². The van der Waals surface area contributed by atoms with E-state index >= 15 is 0 Å². The molecule has 0 radical (unpaired) electrons. The summed E-state index contributed by atoms with van der Waals surface area (Å²) in [6.07, 6.45) is 8.80. The minimum Gasteiger partial charge on any atom is -0.306 e. The molecule has 0 aromatic carbocycles. The summed E-state index contributed by atoms with van der Waals surface area (Å²) in [5.41, 5.74) is 1.11. The van der Waals surface area contributed by atoms with E-state index < -0.39 is 0 Å². The molecule has 1 nitrogen and oxygen atoms in total. The standard InChI is InChI=1S/C16H22BrNS/c1-15-5-11-4-12(6-15)8-16(7-11,10-15)18-9-13-2-3-14(17)19-13/h2-3,11-12,18H,4-10H2,1H3. The number of hydrogen-bond acceptors (Lipinski definition) is 2. The van der Waals surface area contributed by atoms with Gasteiger partial charge in [-0.2, -0.15) is 0 Å². The van der Waals surface area contributed by atoms with Crippen LogP contribution >= 0.6 is 27.3 Å². The van der Waals surface area contributed by atoms with E-state index in [4.69, 9.17) is 0 Å². The Hall–Kier alpha value is 0.140. The van der Waals surface area contributed by atoms with Crippen molar-refractivity contribution in [2.45, 2.75) is 57.5 Å². The van der Waals surface area contributed by atoms with Crippen LogP contribution < -0.4 is 5.32 Å². The van der Waals surface area contributed by atoms with Gasteiger partial charge < -0.3 is 5.32 Å². The Morgan fingerprint density at radius 2 is 2.00 bits per heavy atom. The van der Waals surface area contributed by atoms with Crippen LogP contribution in [0.25, 0.3) is 0 Å². The predicted molar refractivity (Wildman–Crippen MR) is 84.4 cm³/mol. The summed E-state index contributed by atoms with van der Waals surface area (Å²) in [4.78, 5) is 1.47. The van der Waals surface area contributed by atoms with Crippen LogP contribution in [0.5, 0.6) is 0 Å². The van der Waals surface area contributed by atoms with Gasteiger partial charge >= 0.3 is 0 Å². The van der Waals surface area contributed by atoms with Crippen LogP contribution in [0.3, 0.4) is 0 Å². The van der Waals surface area contributed by atoms with E-state index in [1.165, 1.54) is 47.2 Å². The highest BCUT2D eigenvalue weighted by atomic mass is 79.9. The lowest BCUT2D eigenvalue weighted by Crippen LogP contribution is -2.61. The monoisotopic (exact) mass is 339 g/mol. The average Bonchev–Trinajstić information content (AvgIpc) is 2.69. The molecule has 4 fully saturated rings. The minimum absolute atomic E-state index is 0.468. The molecule has 19 heavy (non-hydrogen) atoms. The molecular weight excluding hydrogens is 318 g/mol. The van der Waals surface area contributed by atoms with E-state index in [-0.39, 0.29) is 0 Å². The van der Waals surface area contributed by atoms with Crippen molar-refractivity contribution in [2.75, 3.05) is 0 Å². The summed E-state index contributed by atoms with van der Waals surface area (Å²) in [5.74, 6) is 2.02. The first-order valence-corrected chi connectivity index (χ1v) is 9.15. The van der Waals surface area contributed by atoms with Gasteiger partial charge in [0.25, 0.3) is 0 Å². The second kappa shape index (κ2) is 4.32. The maximum atomic E-state index is 3.97. The average molecular weight is 340 g/mol.